The summed E-state index contributed by atoms with van der Waals surface area (Å²) >= 11 is 0. The van der Waals surface area contributed by atoms with Gasteiger partial charge in [-0.05, 0) is 91.4 Å². The standard InChI is InChI=1S/C42H47N2O2.ClHO4/c1-8-43-35-24-22-31-16-10-12-18-33(31)39(35)41(4,5)37(43)26-20-30(15-14-28-46-29(3)45)21-27-38-42(6,7)40-34-19-13-11-17-32(34)23-25-36(40)44(38)9-2;2-1(3,4)5/h10-13,16-27H,8-9,14-15,28H2,1-7H3;(H,2,3,4,5)/q+1;/p-1. The van der Waals surface area contributed by atoms with Crippen LogP contribution in [0.2, 0.25) is 0 Å². The Bertz CT molecular complexity index is 2060. The highest BCUT2D eigenvalue weighted by Crippen LogP contribution is 2.50. The molecule has 0 radical (unpaired) electrons. The van der Waals surface area contributed by atoms with Crippen LogP contribution in [0, 0.1) is 10.2 Å². The van der Waals surface area contributed by atoms with E-state index in [0.717, 1.165) is 25.9 Å². The Labute approximate surface area is 303 Å². The highest BCUT2D eigenvalue weighted by atomic mass is 35.7. The molecule has 0 atom stereocenters. The van der Waals surface area contributed by atoms with Crippen LogP contribution in [0.3, 0.4) is 0 Å². The van der Waals surface area contributed by atoms with E-state index in [-0.39, 0.29) is 16.8 Å². The third-order valence-corrected chi connectivity index (χ3v) is 9.97. The summed E-state index contributed by atoms with van der Waals surface area (Å²) in [4.78, 5) is 14.0. The molecule has 6 rings (SSSR count). The fraction of sp³-hybridized carbons (Fsp3) is 0.333. The summed E-state index contributed by atoms with van der Waals surface area (Å²) in [5.74, 6) is -0.230. The van der Waals surface area contributed by atoms with Crippen LogP contribution in [0.15, 0.2) is 108 Å². The van der Waals surface area contributed by atoms with Gasteiger partial charge in [0.1, 0.15) is 6.54 Å². The lowest BCUT2D eigenvalue weighted by molar-refractivity contribution is -2.00. The monoisotopic (exact) mass is 710 g/mol. The van der Waals surface area contributed by atoms with Gasteiger partial charge in [0.25, 0.3) is 0 Å². The Morgan fingerprint density at radius 1 is 0.843 bits per heavy atom. The second-order valence-corrected chi connectivity index (χ2v) is 14.7. The lowest BCUT2D eigenvalue weighted by atomic mass is 9.79. The van der Waals surface area contributed by atoms with Crippen molar-refractivity contribution in [2.45, 2.75) is 72.1 Å². The zero-order valence-corrected chi connectivity index (χ0v) is 31.3. The first kappa shape index (κ1) is 37.9. The maximum Gasteiger partial charge on any atom is 0.302 e. The Morgan fingerprint density at radius 3 is 2.02 bits per heavy atom. The van der Waals surface area contributed by atoms with E-state index in [1.807, 2.05) is 0 Å². The third kappa shape index (κ3) is 7.96. The van der Waals surface area contributed by atoms with Gasteiger partial charge >= 0.3 is 5.97 Å². The number of carbonyl (C=O) groups excluding carboxylic acids is 1. The van der Waals surface area contributed by atoms with Crippen molar-refractivity contribution in [3.63, 3.8) is 0 Å². The molecule has 0 unspecified atom stereocenters. The van der Waals surface area contributed by atoms with E-state index in [2.05, 4.69) is 148 Å². The molecule has 0 aliphatic carbocycles. The highest BCUT2D eigenvalue weighted by Gasteiger charge is 2.45. The van der Waals surface area contributed by atoms with Gasteiger partial charge in [-0.2, -0.15) is 4.58 Å². The van der Waals surface area contributed by atoms with E-state index in [1.54, 1.807) is 0 Å². The molecule has 268 valence electrons. The molecule has 2 aliphatic heterocycles. The maximum absolute atomic E-state index is 11.5. The topological polar surface area (TPSA) is 125 Å². The van der Waals surface area contributed by atoms with Crippen LogP contribution < -0.4 is 23.5 Å². The Hall–Kier alpha value is -4.31. The number of fused-ring (bicyclic) bond motifs is 6. The van der Waals surface area contributed by atoms with Gasteiger partial charge in [-0.25, -0.2) is 18.6 Å². The van der Waals surface area contributed by atoms with Crippen LogP contribution >= 0.6 is 0 Å². The molecule has 0 N–H and O–H groups in total. The lowest BCUT2D eigenvalue weighted by Crippen LogP contribution is -2.68. The first-order chi connectivity index (χ1) is 24.1. The van der Waals surface area contributed by atoms with Crippen molar-refractivity contribution in [1.82, 2.24) is 0 Å². The molecule has 0 aromatic heterocycles. The predicted molar refractivity (Wildman–Crippen MR) is 194 cm³/mol. The zero-order chi connectivity index (χ0) is 37.1. The van der Waals surface area contributed by atoms with Crippen LogP contribution in [-0.4, -0.2) is 36.0 Å². The minimum Gasteiger partial charge on any atom is -0.466 e. The van der Waals surface area contributed by atoms with Gasteiger partial charge in [0, 0.05) is 48.0 Å². The second-order valence-electron chi connectivity index (χ2n) is 13.9. The van der Waals surface area contributed by atoms with Crippen LogP contribution in [0.4, 0.5) is 11.4 Å². The Kier molecular flexibility index (Phi) is 11.2. The molecular weight excluding hydrogens is 664 g/mol. The van der Waals surface area contributed by atoms with Gasteiger partial charge in [-0.1, -0.05) is 80.6 Å². The van der Waals surface area contributed by atoms with E-state index in [1.165, 1.54) is 68.0 Å². The number of hydrogen-bond donors (Lipinski definition) is 0. The number of hydrogen-bond acceptors (Lipinski definition) is 7. The van der Waals surface area contributed by atoms with Crippen molar-refractivity contribution in [1.29, 1.82) is 0 Å². The highest BCUT2D eigenvalue weighted by molar-refractivity contribution is 6.07. The normalized spacial score (nSPS) is 17.3. The molecular formula is C42H47ClN2O6. The molecule has 2 aliphatic rings. The summed E-state index contributed by atoms with van der Waals surface area (Å²) in [7, 11) is -4.94. The van der Waals surface area contributed by atoms with E-state index in [9.17, 15) is 4.79 Å². The third-order valence-electron chi connectivity index (χ3n) is 9.97. The molecule has 8 nitrogen and oxygen atoms in total. The minimum atomic E-state index is -4.94. The SMILES string of the molecule is CCN1/C(=C/C=C(/C=C/C2=[N+](CC)c3ccc4ccccc4c3C2(C)C)CCCOC(C)=O)C(C)(C)c2c1ccc1ccccc21.[O-][Cl+3]([O-])([O-])[O-]. The van der Waals surface area contributed by atoms with Gasteiger partial charge in [-0.15, -0.1) is 10.2 Å². The first-order valence-electron chi connectivity index (χ1n) is 17.4. The molecule has 9 heteroatoms. The van der Waals surface area contributed by atoms with Crippen molar-refractivity contribution in [2.75, 3.05) is 24.6 Å². The summed E-state index contributed by atoms with van der Waals surface area (Å²) < 4.78 is 41.8. The van der Waals surface area contributed by atoms with Crippen molar-refractivity contribution in [3.8, 4) is 0 Å². The van der Waals surface area contributed by atoms with Gasteiger partial charge < -0.3 is 9.64 Å². The van der Waals surface area contributed by atoms with Crippen molar-refractivity contribution < 1.29 is 43.0 Å². The quantitative estimate of drug-likeness (QED) is 0.102. The number of halogens is 1. The summed E-state index contributed by atoms with van der Waals surface area (Å²) in [6.07, 6.45) is 10.8. The number of likely N-dealkylation sites (N-methyl/N-ethyl adjacent to an activating group) is 1. The largest absolute Gasteiger partial charge is 0.466 e. The molecule has 4 aromatic rings. The van der Waals surface area contributed by atoms with E-state index in [4.69, 9.17) is 23.4 Å². The van der Waals surface area contributed by atoms with Crippen LogP contribution in [-0.2, 0) is 20.4 Å². The average molecular weight is 711 g/mol. The molecule has 2 heterocycles. The zero-order valence-electron chi connectivity index (χ0n) is 30.5. The van der Waals surface area contributed by atoms with E-state index >= 15 is 0 Å². The second kappa shape index (κ2) is 15.1. The van der Waals surface area contributed by atoms with Crippen molar-refractivity contribution >= 4 is 44.6 Å². The number of nitrogens with zero attached hydrogens (tertiary/aromatic N) is 2. The molecule has 0 saturated heterocycles. The summed E-state index contributed by atoms with van der Waals surface area (Å²) in [5, 5.41) is 5.20. The van der Waals surface area contributed by atoms with Crippen molar-refractivity contribution in [2.24, 2.45) is 0 Å². The molecule has 4 aromatic carbocycles. The molecule has 0 spiro atoms. The van der Waals surface area contributed by atoms with Gasteiger partial charge in [-0.3, -0.25) is 4.79 Å². The van der Waals surface area contributed by atoms with Gasteiger partial charge in [0.15, 0.2) is 5.71 Å². The molecule has 0 saturated carbocycles. The minimum absolute atomic E-state index is 0.154. The van der Waals surface area contributed by atoms with Gasteiger partial charge in [0.2, 0.25) is 5.69 Å². The van der Waals surface area contributed by atoms with Gasteiger partial charge in [0.05, 0.1) is 12.0 Å². The van der Waals surface area contributed by atoms with Crippen LogP contribution in [0.5, 0.6) is 0 Å². The smallest absolute Gasteiger partial charge is 0.302 e. The number of anilines is 1. The first-order valence-corrected chi connectivity index (χ1v) is 18.6. The Balaban J connectivity index is 0.000000943. The summed E-state index contributed by atoms with van der Waals surface area (Å²) in [6, 6.07) is 26.5. The maximum atomic E-state index is 11.5. The molecule has 0 bridgehead atoms. The predicted octanol–water partition coefficient (Wildman–Crippen LogP) is 5.16. The number of allylic oxidation sites excluding steroid dienone is 6. The molecule has 0 fully saturated rings. The lowest BCUT2D eigenvalue weighted by Gasteiger charge is -2.26. The van der Waals surface area contributed by atoms with E-state index in [0.29, 0.717) is 6.61 Å². The summed E-state index contributed by atoms with van der Waals surface area (Å²) in [6.45, 7) is 17.6. The fourth-order valence-electron chi connectivity index (χ4n) is 7.84. The van der Waals surface area contributed by atoms with Crippen LogP contribution in [0.25, 0.3) is 21.5 Å². The fourth-order valence-corrected chi connectivity index (χ4v) is 7.84. The molecule has 51 heavy (non-hydrogen) atoms. The van der Waals surface area contributed by atoms with E-state index < -0.39 is 10.2 Å². The average Bonchev–Trinajstić information content (AvgIpc) is 3.44. The number of rotatable bonds is 9. The number of ether oxygens (including phenoxy) is 1. The number of esters is 1. The molecule has 0 amide bonds. The van der Waals surface area contributed by atoms with Crippen LogP contribution in [0.1, 0.15) is 72.4 Å². The number of benzene rings is 4. The summed E-state index contributed by atoms with van der Waals surface area (Å²) in [5.41, 5.74) is 8.89. The van der Waals surface area contributed by atoms with Crippen molar-refractivity contribution in [3.05, 3.63) is 119 Å². The number of carbonyl (C=O) groups is 1. The Morgan fingerprint density at radius 2 is 1.43 bits per heavy atom.